The van der Waals surface area contributed by atoms with Gasteiger partial charge in [-0.05, 0) is 26.2 Å². The molecule has 2 aromatic rings. The highest BCUT2D eigenvalue weighted by Crippen LogP contribution is 2.20. The number of carbonyl (C=O) groups is 1. The smallest absolute Gasteiger partial charge is 0.325 e. The van der Waals surface area contributed by atoms with Gasteiger partial charge in [0.15, 0.2) is 0 Å². The summed E-state index contributed by atoms with van der Waals surface area (Å²) in [5.41, 5.74) is 0.790. The van der Waals surface area contributed by atoms with Gasteiger partial charge in [-0.2, -0.15) is 4.98 Å². The Hall–Kier alpha value is -2.31. The van der Waals surface area contributed by atoms with E-state index in [4.69, 9.17) is 4.42 Å². The predicted octanol–water partition coefficient (Wildman–Crippen LogP) is 2.21. The third kappa shape index (κ3) is 2.98. The molecule has 118 valence electrons. The SMILES string of the molecule is Cc1nc(NC(=O)N(C)C[C@@H]2CCc3nccn3C2)oc1C. The second kappa shape index (κ2) is 5.82. The average molecular weight is 303 g/mol. The van der Waals surface area contributed by atoms with Crippen LogP contribution >= 0.6 is 0 Å². The van der Waals surface area contributed by atoms with Crippen molar-refractivity contribution in [2.45, 2.75) is 33.2 Å². The van der Waals surface area contributed by atoms with Crippen LogP contribution in [0.25, 0.3) is 0 Å². The number of rotatable bonds is 3. The monoisotopic (exact) mass is 303 g/mol. The first-order valence-corrected chi connectivity index (χ1v) is 7.49. The van der Waals surface area contributed by atoms with E-state index in [1.165, 1.54) is 0 Å². The molecule has 0 saturated carbocycles. The quantitative estimate of drug-likeness (QED) is 0.943. The second-order valence-electron chi connectivity index (χ2n) is 5.87. The minimum atomic E-state index is -0.197. The molecule has 3 rings (SSSR count). The van der Waals surface area contributed by atoms with Crippen LogP contribution in [-0.2, 0) is 13.0 Å². The highest BCUT2D eigenvalue weighted by molar-refractivity contribution is 5.86. The van der Waals surface area contributed by atoms with Crippen LogP contribution in [0.1, 0.15) is 23.7 Å². The van der Waals surface area contributed by atoms with E-state index < -0.39 is 0 Å². The maximum absolute atomic E-state index is 12.2. The average Bonchev–Trinajstić information content (AvgIpc) is 3.05. The molecule has 0 bridgehead atoms. The van der Waals surface area contributed by atoms with Crippen LogP contribution in [0.3, 0.4) is 0 Å². The van der Waals surface area contributed by atoms with E-state index in [9.17, 15) is 4.79 Å². The number of oxazole rings is 1. The van der Waals surface area contributed by atoms with Gasteiger partial charge in [0.1, 0.15) is 11.6 Å². The van der Waals surface area contributed by atoms with Crippen molar-refractivity contribution in [1.29, 1.82) is 0 Å². The summed E-state index contributed by atoms with van der Waals surface area (Å²) in [7, 11) is 1.79. The zero-order valence-electron chi connectivity index (χ0n) is 13.2. The van der Waals surface area contributed by atoms with Gasteiger partial charge in [0.2, 0.25) is 0 Å². The van der Waals surface area contributed by atoms with Crippen molar-refractivity contribution in [3.63, 3.8) is 0 Å². The van der Waals surface area contributed by atoms with Crippen LogP contribution in [0.5, 0.6) is 0 Å². The lowest BCUT2D eigenvalue weighted by molar-refractivity contribution is 0.204. The molecule has 2 aromatic heterocycles. The maximum Gasteiger partial charge on any atom is 0.325 e. The molecule has 7 heteroatoms. The van der Waals surface area contributed by atoms with Gasteiger partial charge in [0, 0.05) is 39.0 Å². The number of nitrogens with zero attached hydrogens (tertiary/aromatic N) is 4. The van der Waals surface area contributed by atoms with E-state index in [-0.39, 0.29) is 12.0 Å². The van der Waals surface area contributed by atoms with E-state index in [0.29, 0.717) is 12.5 Å². The molecule has 0 spiro atoms. The fraction of sp³-hybridized carbons (Fsp3) is 0.533. The van der Waals surface area contributed by atoms with E-state index in [2.05, 4.69) is 19.9 Å². The molecule has 7 nitrogen and oxygen atoms in total. The molecule has 0 aromatic carbocycles. The van der Waals surface area contributed by atoms with Crippen molar-refractivity contribution in [3.8, 4) is 0 Å². The summed E-state index contributed by atoms with van der Waals surface area (Å²) in [6, 6.07) is 0.0602. The number of anilines is 1. The van der Waals surface area contributed by atoms with Crippen LogP contribution in [0.4, 0.5) is 10.8 Å². The third-order valence-electron chi connectivity index (χ3n) is 4.15. The molecule has 1 N–H and O–H groups in total. The number of imidazole rings is 1. The fourth-order valence-electron chi connectivity index (χ4n) is 2.77. The van der Waals surface area contributed by atoms with Gasteiger partial charge >= 0.3 is 12.0 Å². The number of aromatic nitrogens is 3. The Morgan fingerprint density at radius 3 is 3.09 bits per heavy atom. The summed E-state index contributed by atoms with van der Waals surface area (Å²) < 4.78 is 7.55. The van der Waals surface area contributed by atoms with Crippen molar-refractivity contribution in [1.82, 2.24) is 19.4 Å². The first kappa shape index (κ1) is 14.6. The molecule has 0 saturated heterocycles. The topological polar surface area (TPSA) is 76.2 Å². The van der Waals surface area contributed by atoms with Gasteiger partial charge in [-0.1, -0.05) is 0 Å². The van der Waals surface area contributed by atoms with Gasteiger partial charge in [-0.25, -0.2) is 9.78 Å². The lowest BCUT2D eigenvalue weighted by Gasteiger charge is -2.27. The summed E-state index contributed by atoms with van der Waals surface area (Å²) in [5, 5.41) is 2.70. The predicted molar refractivity (Wildman–Crippen MR) is 81.7 cm³/mol. The first-order valence-electron chi connectivity index (χ1n) is 7.49. The lowest BCUT2D eigenvalue weighted by atomic mass is 9.99. The molecule has 0 radical (unpaired) electrons. The molecule has 0 aliphatic carbocycles. The summed E-state index contributed by atoms with van der Waals surface area (Å²) in [6.07, 6.45) is 5.85. The second-order valence-corrected chi connectivity index (χ2v) is 5.87. The number of carbonyl (C=O) groups excluding carboxylic acids is 1. The third-order valence-corrected chi connectivity index (χ3v) is 4.15. The Morgan fingerprint density at radius 2 is 2.36 bits per heavy atom. The molecule has 3 heterocycles. The Bertz CT molecular complexity index is 656. The van der Waals surface area contributed by atoms with Crippen LogP contribution in [-0.4, -0.2) is 39.1 Å². The van der Waals surface area contributed by atoms with Crippen molar-refractivity contribution in [2.24, 2.45) is 5.92 Å². The number of urea groups is 1. The van der Waals surface area contributed by atoms with Crippen molar-refractivity contribution in [2.75, 3.05) is 18.9 Å². The normalized spacial score (nSPS) is 17.1. The fourth-order valence-corrected chi connectivity index (χ4v) is 2.77. The van der Waals surface area contributed by atoms with Crippen LogP contribution in [0, 0.1) is 19.8 Å². The summed E-state index contributed by atoms with van der Waals surface area (Å²) in [6.45, 7) is 5.28. The summed E-state index contributed by atoms with van der Waals surface area (Å²) in [5.74, 6) is 2.29. The highest BCUT2D eigenvalue weighted by Gasteiger charge is 2.22. The number of aryl methyl sites for hydroxylation is 3. The largest absolute Gasteiger partial charge is 0.428 e. The first-order chi connectivity index (χ1) is 10.5. The van der Waals surface area contributed by atoms with Crippen LogP contribution < -0.4 is 5.32 Å². The maximum atomic E-state index is 12.2. The van der Waals surface area contributed by atoms with Crippen molar-refractivity contribution in [3.05, 3.63) is 29.7 Å². The molecule has 1 aliphatic rings. The molecule has 0 unspecified atom stereocenters. The van der Waals surface area contributed by atoms with Gasteiger partial charge < -0.3 is 13.9 Å². The van der Waals surface area contributed by atoms with E-state index in [1.807, 2.05) is 26.2 Å². The van der Waals surface area contributed by atoms with Crippen LogP contribution in [0.15, 0.2) is 16.8 Å². The van der Waals surface area contributed by atoms with Gasteiger partial charge in [0.05, 0.1) is 5.69 Å². The minimum Gasteiger partial charge on any atom is -0.428 e. The molecular formula is C15H21N5O2. The van der Waals surface area contributed by atoms with Crippen LogP contribution in [0.2, 0.25) is 0 Å². The number of hydrogen-bond acceptors (Lipinski definition) is 4. The van der Waals surface area contributed by atoms with Crippen molar-refractivity contribution >= 4 is 12.0 Å². The highest BCUT2D eigenvalue weighted by atomic mass is 16.4. The Morgan fingerprint density at radius 1 is 1.55 bits per heavy atom. The van der Waals surface area contributed by atoms with Gasteiger partial charge in [-0.3, -0.25) is 5.32 Å². The number of amides is 2. The van der Waals surface area contributed by atoms with Crippen molar-refractivity contribution < 1.29 is 9.21 Å². The number of hydrogen-bond donors (Lipinski definition) is 1. The summed E-state index contributed by atoms with van der Waals surface area (Å²) >= 11 is 0. The van der Waals surface area contributed by atoms with Gasteiger partial charge in [-0.15, -0.1) is 0 Å². The van der Waals surface area contributed by atoms with Gasteiger partial charge in [0.25, 0.3) is 0 Å². The Kier molecular flexibility index (Phi) is 3.87. The standard InChI is InChI=1S/C15H21N5O2/c1-10-11(2)22-14(17-10)18-15(21)19(3)8-12-4-5-13-16-6-7-20(13)9-12/h6-7,12H,4-5,8-9H2,1-3H3,(H,17,18,21)/t12-/m0/s1. The molecule has 22 heavy (non-hydrogen) atoms. The minimum absolute atomic E-state index is 0.197. The lowest BCUT2D eigenvalue weighted by Crippen LogP contribution is -2.37. The Labute approximate surface area is 129 Å². The molecular weight excluding hydrogens is 282 g/mol. The number of fused-ring (bicyclic) bond motifs is 1. The van der Waals surface area contributed by atoms with E-state index >= 15 is 0 Å². The molecule has 1 aliphatic heterocycles. The molecule has 1 atom stereocenters. The van der Waals surface area contributed by atoms with E-state index in [0.717, 1.165) is 36.7 Å². The molecule has 0 fully saturated rings. The summed E-state index contributed by atoms with van der Waals surface area (Å²) in [4.78, 5) is 22.4. The van der Waals surface area contributed by atoms with E-state index in [1.54, 1.807) is 11.9 Å². The molecule has 2 amide bonds. The Balaban J connectivity index is 1.55. The zero-order valence-corrected chi connectivity index (χ0v) is 13.2. The number of nitrogens with one attached hydrogen (secondary N) is 1. The zero-order chi connectivity index (χ0) is 15.7.